The van der Waals surface area contributed by atoms with E-state index in [9.17, 15) is 23.1 Å². The summed E-state index contributed by atoms with van der Waals surface area (Å²) in [5.74, 6) is -1.45. The maximum Gasteiger partial charge on any atom is 0.430 e. The van der Waals surface area contributed by atoms with Crippen LogP contribution in [-0.4, -0.2) is 24.3 Å². The smallest absolute Gasteiger partial charge is 0.378 e. The van der Waals surface area contributed by atoms with Gasteiger partial charge in [0, 0.05) is 12.7 Å². The summed E-state index contributed by atoms with van der Waals surface area (Å²) < 4.78 is 49.0. The third-order valence-corrected chi connectivity index (χ3v) is 6.46. The van der Waals surface area contributed by atoms with E-state index in [-0.39, 0.29) is 5.56 Å². The van der Waals surface area contributed by atoms with E-state index < -0.39 is 29.3 Å². The highest BCUT2D eigenvalue weighted by molar-refractivity contribution is 5.88. The lowest BCUT2D eigenvalue weighted by Crippen LogP contribution is -2.58. The summed E-state index contributed by atoms with van der Waals surface area (Å²) in [5, 5.41) is 14.9. The van der Waals surface area contributed by atoms with E-state index in [1.54, 1.807) is 97.1 Å². The highest BCUT2D eigenvalue weighted by Gasteiger charge is 2.63. The van der Waals surface area contributed by atoms with E-state index in [0.717, 1.165) is 7.11 Å². The van der Waals surface area contributed by atoms with Crippen molar-refractivity contribution in [1.82, 2.24) is 5.32 Å². The van der Waals surface area contributed by atoms with Gasteiger partial charge in [-0.3, -0.25) is 4.79 Å². The van der Waals surface area contributed by atoms with E-state index in [0.29, 0.717) is 16.7 Å². The number of methoxy groups -OCH3 is 1. The van der Waals surface area contributed by atoms with Crippen molar-refractivity contribution in [3.8, 4) is 0 Å². The van der Waals surface area contributed by atoms with Gasteiger partial charge >= 0.3 is 6.18 Å². The highest BCUT2D eigenvalue weighted by Crippen LogP contribution is 2.45. The fourth-order valence-corrected chi connectivity index (χ4v) is 4.61. The zero-order valence-electron chi connectivity index (χ0n) is 20.0. The SMILES string of the molecule is CO[C@@](C(=O)N[C@@H](c1ccccc1)C(O)(c1ccccc1)c1ccccc1)(c1ccccc1)C(F)(F)F. The van der Waals surface area contributed by atoms with Crippen LogP contribution in [0.15, 0.2) is 121 Å². The van der Waals surface area contributed by atoms with E-state index in [2.05, 4.69) is 5.32 Å². The van der Waals surface area contributed by atoms with Crippen LogP contribution in [0.1, 0.15) is 28.3 Å². The molecule has 190 valence electrons. The van der Waals surface area contributed by atoms with Gasteiger partial charge in [-0.15, -0.1) is 0 Å². The van der Waals surface area contributed by atoms with Crippen LogP contribution in [0.2, 0.25) is 0 Å². The predicted molar refractivity (Wildman–Crippen MR) is 134 cm³/mol. The molecule has 7 heteroatoms. The van der Waals surface area contributed by atoms with Crippen molar-refractivity contribution < 1.29 is 27.8 Å². The van der Waals surface area contributed by atoms with Crippen molar-refractivity contribution in [2.45, 2.75) is 23.4 Å². The van der Waals surface area contributed by atoms with Crippen LogP contribution in [0.3, 0.4) is 0 Å². The first-order chi connectivity index (χ1) is 17.7. The van der Waals surface area contributed by atoms with E-state index in [4.69, 9.17) is 4.74 Å². The zero-order valence-corrected chi connectivity index (χ0v) is 20.0. The van der Waals surface area contributed by atoms with Crippen LogP contribution in [0.4, 0.5) is 13.2 Å². The molecule has 4 aromatic carbocycles. The second-order valence-corrected chi connectivity index (χ2v) is 8.56. The molecule has 2 atom stereocenters. The molecule has 37 heavy (non-hydrogen) atoms. The van der Waals surface area contributed by atoms with Gasteiger partial charge in [0.2, 0.25) is 0 Å². The molecule has 0 unspecified atom stereocenters. The summed E-state index contributed by atoms with van der Waals surface area (Å²) in [4.78, 5) is 13.8. The summed E-state index contributed by atoms with van der Waals surface area (Å²) in [6.07, 6.45) is -5.11. The number of halogens is 3. The Morgan fingerprint density at radius 2 is 1.08 bits per heavy atom. The van der Waals surface area contributed by atoms with Crippen molar-refractivity contribution in [1.29, 1.82) is 0 Å². The minimum atomic E-state index is -5.11. The Hall–Kier alpha value is -3.94. The second-order valence-electron chi connectivity index (χ2n) is 8.56. The number of hydrogen-bond donors (Lipinski definition) is 2. The molecule has 0 aromatic heterocycles. The van der Waals surface area contributed by atoms with Gasteiger partial charge in [-0.1, -0.05) is 121 Å². The first-order valence-corrected chi connectivity index (χ1v) is 11.6. The Bertz CT molecular complexity index is 1260. The molecule has 2 N–H and O–H groups in total. The molecule has 0 saturated heterocycles. The average molecular weight is 506 g/mol. The molecule has 0 heterocycles. The normalized spacial score (nSPS) is 14.4. The number of alkyl halides is 3. The zero-order chi connectivity index (χ0) is 26.5. The largest absolute Gasteiger partial charge is 0.430 e. The Labute approximate surface area is 213 Å². The standard InChI is InChI=1S/C30H26F3NO3/c1-37-29(30(31,32)33,25-20-12-5-13-21-25)27(35)34-26(22-14-6-2-7-15-22)28(36,23-16-8-3-9-17-23)24-18-10-4-11-19-24/h2-21,26,36H,1H3,(H,34,35)/t26-,29+/m0/s1. The predicted octanol–water partition coefficient (Wildman–Crippen LogP) is 5.88. The number of ether oxygens (including phenoxy) is 1. The fraction of sp³-hybridized carbons (Fsp3) is 0.167. The Morgan fingerprint density at radius 3 is 1.46 bits per heavy atom. The summed E-state index contributed by atoms with van der Waals surface area (Å²) >= 11 is 0. The van der Waals surface area contributed by atoms with Crippen molar-refractivity contribution in [3.05, 3.63) is 144 Å². The van der Waals surface area contributed by atoms with Crippen molar-refractivity contribution in [3.63, 3.8) is 0 Å². The van der Waals surface area contributed by atoms with Crippen molar-refractivity contribution in [2.24, 2.45) is 0 Å². The topological polar surface area (TPSA) is 58.6 Å². The maximum atomic E-state index is 14.7. The van der Waals surface area contributed by atoms with Crippen molar-refractivity contribution in [2.75, 3.05) is 7.11 Å². The lowest BCUT2D eigenvalue weighted by Gasteiger charge is -2.41. The number of nitrogens with one attached hydrogen (secondary N) is 1. The molecule has 0 spiro atoms. The van der Waals surface area contributed by atoms with Crippen LogP contribution in [0.5, 0.6) is 0 Å². The first-order valence-electron chi connectivity index (χ1n) is 11.6. The molecular formula is C30H26F3NO3. The third kappa shape index (κ3) is 4.75. The minimum Gasteiger partial charge on any atom is -0.378 e. The Kier molecular flexibility index (Phi) is 7.47. The maximum absolute atomic E-state index is 14.7. The number of rotatable bonds is 8. The minimum absolute atomic E-state index is 0.378. The summed E-state index contributed by atoms with van der Waals surface area (Å²) in [6, 6.07) is 30.9. The number of carbonyl (C=O) groups excluding carboxylic acids is 1. The molecule has 0 radical (unpaired) electrons. The molecule has 0 aliphatic heterocycles. The van der Waals surface area contributed by atoms with Crippen LogP contribution in [0.25, 0.3) is 0 Å². The monoisotopic (exact) mass is 505 g/mol. The quantitative estimate of drug-likeness (QED) is 0.314. The number of amides is 1. The van der Waals surface area contributed by atoms with Crippen molar-refractivity contribution >= 4 is 5.91 Å². The van der Waals surface area contributed by atoms with Gasteiger partial charge < -0.3 is 15.2 Å². The Balaban J connectivity index is 1.93. The number of carbonyl (C=O) groups is 1. The lowest BCUT2D eigenvalue weighted by atomic mass is 9.76. The number of hydrogen-bond acceptors (Lipinski definition) is 3. The van der Waals surface area contributed by atoms with Crippen LogP contribution in [0, 0.1) is 0 Å². The van der Waals surface area contributed by atoms with Gasteiger partial charge in [-0.25, -0.2) is 0 Å². The van der Waals surface area contributed by atoms with Gasteiger partial charge in [0.25, 0.3) is 11.5 Å². The molecule has 0 bridgehead atoms. The lowest BCUT2D eigenvalue weighted by molar-refractivity contribution is -0.266. The molecule has 0 aliphatic rings. The molecule has 4 rings (SSSR count). The van der Waals surface area contributed by atoms with Gasteiger partial charge in [0.05, 0.1) is 6.04 Å². The van der Waals surface area contributed by atoms with Crippen LogP contribution in [-0.2, 0) is 20.7 Å². The van der Waals surface area contributed by atoms with Gasteiger partial charge in [-0.2, -0.15) is 13.2 Å². The average Bonchev–Trinajstić information content (AvgIpc) is 2.93. The third-order valence-electron chi connectivity index (χ3n) is 6.46. The van der Waals surface area contributed by atoms with Gasteiger partial charge in [-0.05, 0) is 16.7 Å². The second kappa shape index (κ2) is 10.6. The molecule has 0 aliphatic carbocycles. The highest BCUT2D eigenvalue weighted by atomic mass is 19.4. The van der Waals surface area contributed by atoms with Crippen LogP contribution < -0.4 is 5.32 Å². The first kappa shape index (κ1) is 26.1. The number of aliphatic hydroxyl groups is 1. The molecule has 0 fully saturated rings. The summed E-state index contributed by atoms with van der Waals surface area (Å²) in [6.45, 7) is 0. The summed E-state index contributed by atoms with van der Waals surface area (Å²) in [7, 11) is 0.845. The number of benzene rings is 4. The molecule has 1 amide bonds. The molecular weight excluding hydrogens is 479 g/mol. The van der Waals surface area contributed by atoms with Gasteiger partial charge in [0.15, 0.2) is 0 Å². The van der Waals surface area contributed by atoms with E-state index >= 15 is 0 Å². The molecule has 4 nitrogen and oxygen atoms in total. The summed E-state index contributed by atoms with van der Waals surface area (Å²) in [5.41, 5.74) is -4.42. The van der Waals surface area contributed by atoms with Gasteiger partial charge in [0.1, 0.15) is 5.60 Å². The molecule has 4 aromatic rings. The van der Waals surface area contributed by atoms with Crippen LogP contribution >= 0.6 is 0 Å². The Morgan fingerprint density at radius 1 is 0.703 bits per heavy atom. The van der Waals surface area contributed by atoms with E-state index in [1.807, 2.05) is 0 Å². The molecule has 0 saturated carbocycles. The fourth-order valence-electron chi connectivity index (χ4n) is 4.61. The van der Waals surface area contributed by atoms with E-state index in [1.165, 1.54) is 24.3 Å².